The Hall–Kier alpha value is -1.25. The van der Waals surface area contributed by atoms with Crippen molar-refractivity contribution in [3.63, 3.8) is 0 Å². The van der Waals surface area contributed by atoms with Crippen LogP contribution in [0.5, 0.6) is 0 Å². The van der Waals surface area contributed by atoms with E-state index in [0.29, 0.717) is 6.04 Å². The van der Waals surface area contributed by atoms with E-state index in [4.69, 9.17) is 0 Å². The standard InChI is InChI=1S/C18H23NS/c1-4-19-18(13-15-7-5-14(2)6-8-15)16-9-11-17(20-3)12-10-16/h5-12,18-19H,4,13H2,1-3H3. The summed E-state index contributed by atoms with van der Waals surface area (Å²) in [5, 5.41) is 3.59. The average molecular weight is 285 g/mol. The fourth-order valence-electron chi connectivity index (χ4n) is 2.35. The zero-order valence-electron chi connectivity index (χ0n) is 12.5. The van der Waals surface area contributed by atoms with E-state index < -0.39 is 0 Å². The Balaban J connectivity index is 2.14. The van der Waals surface area contributed by atoms with Crippen molar-refractivity contribution < 1.29 is 0 Å². The molecule has 0 aliphatic heterocycles. The molecule has 2 rings (SSSR count). The lowest BCUT2D eigenvalue weighted by atomic mass is 9.98. The number of hydrogen-bond acceptors (Lipinski definition) is 2. The van der Waals surface area contributed by atoms with Gasteiger partial charge in [-0.1, -0.05) is 48.9 Å². The van der Waals surface area contributed by atoms with Crippen molar-refractivity contribution in [3.8, 4) is 0 Å². The largest absolute Gasteiger partial charge is 0.310 e. The number of likely N-dealkylation sites (N-methyl/N-ethyl adjacent to an activating group) is 1. The van der Waals surface area contributed by atoms with Gasteiger partial charge in [-0.2, -0.15) is 0 Å². The Kier molecular flexibility index (Phi) is 5.69. The first-order chi connectivity index (χ1) is 9.72. The SMILES string of the molecule is CCNC(Cc1ccc(C)cc1)c1ccc(SC)cc1. The third-order valence-electron chi connectivity index (χ3n) is 3.53. The summed E-state index contributed by atoms with van der Waals surface area (Å²) in [6.45, 7) is 5.28. The van der Waals surface area contributed by atoms with Crippen LogP contribution < -0.4 is 5.32 Å². The average Bonchev–Trinajstić information content (AvgIpc) is 2.49. The lowest BCUT2D eigenvalue weighted by molar-refractivity contribution is 0.549. The fourth-order valence-corrected chi connectivity index (χ4v) is 2.76. The minimum absolute atomic E-state index is 0.388. The van der Waals surface area contributed by atoms with Crippen LogP contribution in [-0.2, 0) is 6.42 Å². The molecule has 0 saturated carbocycles. The molecule has 0 fully saturated rings. The van der Waals surface area contributed by atoms with Gasteiger partial charge < -0.3 is 5.32 Å². The Morgan fingerprint density at radius 1 is 1.00 bits per heavy atom. The predicted molar refractivity (Wildman–Crippen MR) is 89.5 cm³/mol. The second-order valence-corrected chi connectivity index (χ2v) is 5.95. The molecule has 0 bridgehead atoms. The highest BCUT2D eigenvalue weighted by Gasteiger charge is 2.11. The summed E-state index contributed by atoms with van der Waals surface area (Å²) in [4.78, 5) is 1.32. The number of nitrogens with one attached hydrogen (secondary N) is 1. The lowest BCUT2D eigenvalue weighted by Gasteiger charge is -2.19. The van der Waals surface area contributed by atoms with Crippen LogP contribution in [-0.4, -0.2) is 12.8 Å². The molecule has 1 nitrogen and oxygen atoms in total. The van der Waals surface area contributed by atoms with Gasteiger partial charge in [-0.3, -0.25) is 0 Å². The second kappa shape index (κ2) is 7.51. The summed E-state index contributed by atoms with van der Waals surface area (Å²) < 4.78 is 0. The minimum atomic E-state index is 0.388. The highest BCUT2D eigenvalue weighted by atomic mass is 32.2. The Morgan fingerprint density at radius 2 is 1.65 bits per heavy atom. The molecule has 2 aromatic rings. The third-order valence-corrected chi connectivity index (χ3v) is 4.27. The Labute approximate surface area is 126 Å². The predicted octanol–water partition coefficient (Wildman–Crippen LogP) is 4.61. The van der Waals surface area contributed by atoms with Crippen LogP contribution in [0.2, 0.25) is 0 Å². The van der Waals surface area contributed by atoms with Crippen molar-refractivity contribution >= 4 is 11.8 Å². The molecule has 1 atom stereocenters. The van der Waals surface area contributed by atoms with Gasteiger partial charge in [-0.25, -0.2) is 0 Å². The molecule has 0 aliphatic rings. The molecular weight excluding hydrogens is 262 g/mol. The molecule has 106 valence electrons. The maximum absolute atomic E-state index is 3.59. The van der Waals surface area contributed by atoms with Gasteiger partial charge in [0, 0.05) is 10.9 Å². The molecule has 1 unspecified atom stereocenters. The van der Waals surface area contributed by atoms with Gasteiger partial charge in [-0.15, -0.1) is 11.8 Å². The molecule has 0 heterocycles. The van der Waals surface area contributed by atoms with Crippen molar-refractivity contribution in [1.82, 2.24) is 5.32 Å². The van der Waals surface area contributed by atoms with E-state index in [1.54, 1.807) is 11.8 Å². The normalized spacial score (nSPS) is 12.3. The number of thioether (sulfide) groups is 1. The number of hydrogen-bond donors (Lipinski definition) is 1. The van der Waals surface area contributed by atoms with Crippen LogP contribution in [0.4, 0.5) is 0 Å². The van der Waals surface area contributed by atoms with Gasteiger partial charge >= 0.3 is 0 Å². The van der Waals surface area contributed by atoms with E-state index in [-0.39, 0.29) is 0 Å². The highest BCUT2D eigenvalue weighted by Crippen LogP contribution is 2.22. The second-order valence-electron chi connectivity index (χ2n) is 5.07. The van der Waals surface area contributed by atoms with Gasteiger partial charge in [-0.05, 0) is 49.4 Å². The molecule has 2 heteroatoms. The Morgan fingerprint density at radius 3 is 2.20 bits per heavy atom. The summed E-state index contributed by atoms with van der Waals surface area (Å²) >= 11 is 1.79. The highest BCUT2D eigenvalue weighted by molar-refractivity contribution is 7.98. The number of aryl methyl sites for hydroxylation is 1. The minimum Gasteiger partial charge on any atom is -0.310 e. The zero-order chi connectivity index (χ0) is 14.4. The van der Waals surface area contributed by atoms with Gasteiger partial charge in [0.2, 0.25) is 0 Å². The van der Waals surface area contributed by atoms with Crippen molar-refractivity contribution in [2.24, 2.45) is 0 Å². The van der Waals surface area contributed by atoms with Gasteiger partial charge in [0.1, 0.15) is 0 Å². The molecule has 20 heavy (non-hydrogen) atoms. The van der Waals surface area contributed by atoms with E-state index in [9.17, 15) is 0 Å². The molecule has 0 aliphatic carbocycles. The van der Waals surface area contributed by atoms with Crippen LogP contribution in [0.25, 0.3) is 0 Å². The quantitative estimate of drug-likeness (QED) is 0.778. The molecular formula is C18H23NS. The fraction of sp³-hybridized carbons (Fsp3) is 0.333. The molecule has 1 N–H and O–H groups in total. The summed E-state index contributed by atoms with van der Waals surface area (Å²) in [6, 6.07) is 18.1. The van der Waals surface area contributed by atoms with Crippen LogP contribution >= 0.6 is 11.8 Å². The monoisotopic (exact) mass is 285 g/mol. The lowest BCUT2D eigenvalue weighted by Crippen LogP contribution is -2.22. The van der Waals surface area contributed by atoms with E-state index in [1.807, 2.05) is 0 Å². The van der Waals surface area contributed by atoms with Crippen LogP contribution in [0.15, 0.2) is 53.4 Å². The molecule has 2 aromatic carbocycles. The molecule has 0 spiro atoms. The molecule has 0 saturated heterocycles. The summed E-state index contributed by atoms with van der Waals surface area (Å²) in [6.07, 6.45) is 3.15. The molecule has 0 amide bonds. The van der Waals surface area contributed by atoms with Crippen molar-refractivity contribution in [2.45, 2.75) is 31.2 Å². The van der Waals surface area contributed by atoms with E-state index >= 15 is 0 Å². The van der Waals surface area contributed by atoms with E-state index in [1.165, 1.54) is 21.6 Å². The maximum atomic E-state index is 3.59. The third kappa shape index (κ3) is 4.12. The zero-order valence-corrected chi connectivity index (χ0v) is 13.3. The van der Waals surface area contributed by atoms with Crippen LogP contribution in [0.3, 0.4) is 0 Å². The van der Waals surface area contributed by atoms with Gasteiger partial charge in [0.05, 0.1) is 0 Å². The van der Waals surface area contributed by atoms with E-state index in [0.717, 1.165) is 13.0 Å². The van der Waals surface area contributed by atoms with Crippen molar-refractivity contribution in [2.75, 3.05) is 12.8 Å². The molecule has 0 aromatic heterocycles. The van der Waals surface area contributed by atoms with Crippen LogP contribution in [0, 0.1) is 6.92 Å². The van der Waals surface area contributed by atoms with Gasteiger partial charge in [0.15, 0.2) is 0 Å². The summed E-state index contributed by atoms with van der Waals surface area (Å²) in [7, 11) is 0. The number of rotatable bonds is 6. The smallest absolute Gasteiger partial charge is 0.0360 e. The van der Waals surface area contributed by atoms with E-state index in [2.05, 4.69) is 74.0 Å². The summed E-state index contributed by atoms with van der Waals surface area (Å²) in [5.74, 6) is 0. The van der Waals surface area contributed by atoms with Crippen LogP contribution in [0.1, 0.15) is 29.7 Å². The first kappa shape index (κ1) is 15.1. The first-order valence-electron chi connectivity index (χ1n) is 7.15. The van der Waals surface area contributed by atoms with Crippen molar-refractivity contribution in [1.29, 1.82) is 0 Å². The Bertz CT molecular complexity index is 516. The first-order valence-corrected chi connectivity index (χ1v) is 8.38. The summed E-state index contributed by atoms with van der Waals surface area (Å²) in [5.41, 5.74) is 4.07. The van der Waals surface area contributed by atoms with Gasteiger partial charge in [0.25, 0.3) is 0 Å². The van der Waals surface area contributed by atoms with Crippen molar-refractivity contribution in [3.05, 3.63) is 65.2 Å². The number of benzene rings is 2. The maximum Gasteiger partial charge on any atom is 0.0360 e. The molecule has 0 radical (unpaired) electrons. The topological polar surface area (TPSA) is 12.0 Å².